The van der Waals surface area contributed by atoms with E-state index in [4.69, 9.17) is 21.6 Å². The van der Waals surface area contributed by atoms with Gasteiger partial charge in [0.1, 0.15) is 18.0 Å². The number of methoxy groups -OCH3 is 1. The first kappa shape index (κ1) is 18.8. The van der Waals surface area contributed by atoms with Crippen LogP contribution in [0.3, 0.4) is 0 Å². The first-order valence-corrected chi connectivity index (χ1v) is 9.91. The van der Waals surface area contributed by atoms with Crippen LogP contribution in [0.5, 0.6) is 5.75 Å². The van der Waals surface area contributed by atoms with E-state index in [-0.39, 0.29) is 11.7 Å². The Balaban J connectivity index is 2.23. The van der Waals surface area contributed by atoms with Crippen LogP contribution in [-0.4, -0.2) is 41.5 Å². The van der Waals surface area contributed by atoms with Crippen molar-refractivity contribution in [2.24, 2.45) is 0 Å². The predicted octanol–water partition coefficient (Wildman–Crippen LogP) is 2.60. The highest BCUT2D eigenvalue weighted by molar-refractivity contribution is 7.90. The summed E-state index contributed by atoms with van der Waals surface area (Å²) in [5.41, 5.74) is 2.04. The lowest BCUT2D eigenvalue weighted by atomic mass is 10.1. The highest BCUT2D eigenvalue weighted by atomic mass is 35.5. The minimum absolute atomic E-state index is 0.0225. The molecule has 27 heavy (non-hydrogen) atoms. The summed E-state index contributed by atoms with van der Waals surface area (Å²) in [5.74, 6) is 0.540. The van der Waals surface area contributed by atoms with Crippen LogP contribution in [0.25, 0.3) is 22.5 Å². The standard InChI is InChI=1S/C17H14ClN5O3S/c1-26-13-8-11(7-12(18)9-13)16-14(10-23(22-16)6-4-19)15-3-5-20-17(21-15)27(2,24)25/h3,5,7-10H,6H2,1-2H3. The molecule has 0 aliphatic heterocycles. The van der Waals surface area contributed by atoms with Crippen LogP contribution in [0.1, 0.15) is 0 Å². The molecule has 0 aliphatic carbocycles. The average Bonchev–Trinajstić information content (AvgIpc) is 3.05. The second kappa shape index (κ2) is 7.34. The monoisotopic (exact) mass is 403 g/mol. The van der Waals surface area contributed by atoms with Gasteiger partial charge in [0.25, 0.3) is 0 Å². The molecular weight excluding hydrogens is 390 g/mol. The fraction of sp³-hybridized carbons (Fsp3) is 0.176. The van der Waals surface area contributed by atoms with Gasteiger partial charge in [0.05, 0.1) is 18.9 Å². The summed E-state index contributed by atoms with van der Waals surface area (Å²) in [5, 5.41) is 13.6. The van der Waals surface area contributed by atoms with Crippen LogP contribution in [0, 0.1) is 11.3 Å². The van der Waals surface area contributed by atoms with Gasteiger partial charge < -0.3 is 4.74 Å². The molecular formula is C17H14ClN5O3S. The summed E-state index contributed by atoms with van der Waals surface area (Å²) in [7, 11) is -2.05. The van der Waals surface area contributed by atoms with Crippen molar-refractivity contribution in [2.75, 3.05) is 13.4 Å². The van der Waals surface area contributed by atoms with E-state index in [1.807, 2.05) is 6.07 Å². The molecule has 0 fully saturated rings. The SMILES string of the molecule is COc1cc(Cl)cc(-c2nn(CC#N)cc2-c2ccnc(S(C)(=O)=O)n2)c1. The van der Waals surface area contributed by atoms with Gasteiger partial charge in [-0.25, -0.2) is 18.4 Å². The normalized spacial score (nSPS) is 11.2. The fourth-order valence-corrected chi connectivity index (χ4v) is 3.20. The second-order valence-corrected chi connectivity index (χ2v) is 7.97. The van der Waals surface area contributed by atoms with Gasteiger partial charge in [-0.1, -0.05) is 11.6 Å². The number of hydrogen-bond donors (Lipinski definition) is 0. The van der Waals surface area contributed by atoms with E-state index >= 15 is 0 Å². The van der Waals surface area contributed by atoms with Gasteiger partial charge in [0.2, 0.25) is 15.0 Å². The third-order valence-corrected chi connectivity index (χ3v) is 4.69. The summed E-state index contributed by atoms with van der Waals surface area (Å²) in [4.78, 5) is 7.94. The van der Waals surface area contributed by atoms with E-state index in [0.717, 1.165) is 6.26 Å². The van der Waals surface area contributed by atoms with E-state index in [0.29, 0.717) is 33.3 Å². The highest BCUT2D eigenvalue weighted by Gasteiger charge is 2.18. The Labute approximate surface area is 160 Å². The van der Waals surface area contributed by atoms with Crippen molar-refractivity contribution in [2.45, 2.75) is 11.7 Å². The molecule has 0 N–H and O–H groups in total. The molecule has 0 saturated heterocycles. The van der Waals surface area contributed by atoms with Gasteiger partial charge in [-0.05, 0) is 24.3 Å². The largest absolute Gasteiger partial charge is 0.497 e. The van der Waals surface area contributed by atoms with Gasteiger partial charge in [0.15, 0.2) is 0 Å². The van der Waals surface area contributed by atoms with E-state index in [1.54, 1.807) is 30.5 Å². The molecule has 8 nitrogen and oxygen atoms in total. The van der Waals surface area contributed by atoms with Crippen LogP contribution >= 0.6 is 11.6 Å². The maximum atomic E-state index is 11.8. The lowest BCUT2D eigenvalue weighted by Gasteiger charge is -2.06. The topological polar surface area (TPSA) is 111 Å². The minimum Gasteiger partial charge on any atom is -0.497 e. The van der Waals surface area contributed by atoms with Gasteiger partial charge in [-0.2, -0.15) is 10.4 Å². The zero-order valence-electron chi connectivity index (χ0n) is 14.4. The van der Waals surface area contributed by atoms with Crippen LogP contribution in [0.4, 0.5) is 0 Å². The summed E-state index contributed by atoms with van der Waals surface area (Å²) in [6, 6.07) is 8.69. The maximum Gasteiger partial charge on any atom is 0.247 e. The van der Waals surface area contributed by atoms with Crippen molar-refractivity contribution in [3.05, 3.63) is 41.7 Å². The number of hydrogen-bond acceptors (Lipinski definition) is 7. The van der Waals surface area contributed by atoms with E-state index in [1.165, 1.54) is 18.0 Å². The Kier molecular flexibility index (Phi) is 5.12. The fourth-order valence-electron chi connectivity index (χ4n) is 2.46. The molecule has 0 bridgehead atoms. The zero-order valence-corrected chi connectivity index (χ0v) is 16.0. The minimum atomic E-state index is -3.57. The quantitative estimate of drug-likeness (QED) is 0.602. The lowest BCUT2D eigenvalue weighted by Crippen LogP contribution is -2.04. The number of halogens is 1. The van der Waals surface area contributed by atoms with Crippen LogP contribution < -0.4 is 4.74 Å². The first-order chi connectivity index (χ1) is 12.8. The number of nitriles is 1. The average molecular weight is 404 g/mol. The second-order valence-electron chi connectivity index (χ2n) is 5.62. The van der Waals surface area contributed by atoms with E-state index in [9.17, 15) is 8.42 Å². The van der Waals surface area contributed by atoms with Crippen LogP contribution in [-0.2, 0) is 16.4 Å². The first-order valence-electron chi connectivity index (χ1n) is 7.64. The third kappa shape index (κ3) is 4.07. The molecule has 138 valence electrons. The number of benzene rings is 1. The van der Waals surface area contributed by atoms with Crippen LogP contribution in [0.15, 0.2) is 41.8 Å². The molecule has 1 aromatic carbocycles. The molecule has 0 spiro atoms. The third-order valence-electron chi connectivity index (χ3n) is 3.62. The maximum absolute atomic E-state index is 11.8. The summed E-state index contributed by atoms with van der Waals surface area (Å²) >= 11 is 6.16. The molecule has 0 unspecified atom stereocenters. The van der Waals surface area contributed by atoms with Gasteiger partial charge >= 0.3 is 0 Å². The Morgan fingerprint density at radius 2 is 2.11 bits per heavy atom. The van der Waals surface area contributed by atoms with Gasteiger partial charge in [-0.15, -0.1) is 0 Å². The van der Waals surface area contributed by atoms with Crippen LogP contribution in [0.2, 0.25) is 5.02 Å². The Morgan fingerprint density at radius 1 is 1.33 bits per heavy atom. The van der Waals surface area contributed by atoms with Gasteiger partial charge in [-0.3, -0.25) is 4.68 Å². The number of rotatable bonds is 5. The molecule has 10 heteroatoms. The van der Waals surface area contributed by atoms with E-state index < -0.39 is 9.84 Å². The Hall–Kier alpha value is -2.96. The molecule has 0 aliphatic rings. The van der Waals surface area contributed by atoms with E-state index in [2.05, 4.69) is 15.1 Å². The molecule has 0 saturated carbocycles. The number of sulfone groups is 1. The molecule has 3 aromatic rings. The van der Waals surface area contributed by atoms with Crippen molar-refractivity contribution in [3.63, 3.8) is 0 Å². The van der Waals surface area contributed by atoms with Crippen molar-refractivity contribution in [1.82, 2.24) is 19.7 Å². The van der Waals surface area contributed by atoms with Crippen molar-refractivity contribution < 1.29 is 13.2 Å². The number of aromatic nitrogens is 4. The smallest absolute Gasteiger partial charge is 0.247 e. The molecule has 3 rings (SSSR count). The predicted molar refractivity (Wildman–Crippen MR) is 99.0 cm³/mol. The van der Waals surface area contributed by atoms with Crippen molar-refractivity contribution in [1.29, 1.82) is 5.26 Å². The molecule has 2 heterocycles. The molecule has 0 atom stereocenters. The number of nitrogens with zero attached hydrogens (tertiary/aromatic N) is 5. The summed E-state index contributed by atoms with van der Waals surface area (Å²) in [6.45, 7) is 0.0225. The van der Waals surface area contributed by atoms with Crippen molar-refractivity contribution in [3.8, 4) is 34.3 Å². The summed E-state index contributed by atoms with van der Waals surface area (Å²) < 4.78 is 30.3. The lowest BCUT2D eigenvalue weighted by molar-refractivity contribution is 0.415. The molecule has 2 aromatic heterocycles. The van der Waals surface area contributed by atoms with Gasteiger partial charge in [0, 0.05) is 34.8 Å². The molecule has 0 amide bonds. The summed E-state index contributed by atoms with van der Waals surface area (Å²) in [6.07, 6.45) is 4.02. The molecule has 0 radical (unpaired) electrons. The highest BCUT2D eigenvalue weighted by Crippen LogP contribution is 2.34. The Bertz CT molecular complexity index is 1150. The van der Waals surface area contributed by atoms with Crippen molar-refractivity contribution >= 4 is 21.4 Å². The zero-order chi connectivity index (χ0) is 19.6. The number of ether oxygens (including phenoxy) is 1. The Morgan fingerprint density at radius 3 is 2.78 bits per heavy atom.